The number of nitrogens with two attached hydrogens (primary N) is 1. The Balaban J connectivity index is 2.24. The Morgan fingerprint density at radius 2 is 2.14 bits per heavy atom. The predicted octanol–water partition coefficient (Wildman–Crippen LogP) is 2.15. The molecule has 6 nitrogen and oxygen atoms in total. The van der Waals surface area contributed by atoms with Crippen molar-refractivity contribution in [3.8, 4) is 5.75 Å². The molecule has 2 N–H and O–H groups in total. The first kappa shape index (κ1) is 14.9. The van der Waals surface area contributed by atoms with Gasteiger partial charge >= 0.3 is 0 Å². The lowest BCUT2D eigenvalue weighted by Gasteiger charge is -2.18. The van der Waals surface area contributed by atoms with Gasteiger partial charge in [0.2, 0.25) is 0 Å². The summed E-state index contributed by atoms with van der Waals surface area (Å²) in [5.74, 6) is 1.04. The van der Waals surface area contributed by atoms with Crippen LogP contribution in [0.4, 0.5) is 5.69 Å². The van der Waals surface area contributed by atoms with Gasteiger partial charge in [0.05, 0.1) is 24.9 Å². The number of anilines is 1. The molecule has 1 amide bonds. The van der Waals surface area contributed by atoms with Gasteiger partial charge in [0.15, 0.2) is 0 Å². The van der Waals surface area contributed by atoms with Crippen LogP contribution in [0.1, 0.15) is 27.4 Å². The summed E-state index contributed by atoms with van der Waals surface area (Å²) in [5, 5.41) is 3.89. The maximum absolute atomic E-state index is 12.5. The maximum atomic E-state index is 12.5. The zero-order chi connectivity index (χ0) is 15.6. The van der Waals surface area contributed by atoms with Crippen molar-refractivity contribution in [2.75, 3.05) is 19.9 Å². The van der Waals surface area contributed by atoms with E-state index >= 15 is 0 Å². The fraction of sp³-hybridized carbons (Fsp3) is 0.333. The highest BCUT2D eigenvalue weighted by Gasteiger charge is 2.19. The number of aromatic nitrogens is 1. The zero-order valence-electron chi connectivity index (χ0n) is 12.6. The average molecular weight is 289 g/mol. The summed E-state index contributed by atoms with van der Waals surface area (Å²) in [6.45, 7) is 4.11. The van der Waals surface area contributed by atoms with Crippen molar-refractivity contribution in [3.05, 3.63) is 40.8 Å². The number of hydrogen-bond donors (Lipinski definition) is 1. The minimum Gasteiger partial charge on any atom is -0.496 e. The van der Waals surface area contributed by atoms with Crippen molar-refractivity contribution in [2.24, 2.45) is 0 Å². The number of carbonyl (C=O) groups excluding carboxylic acids is 1. The van der Waals surface area contributed by atoms with E-state index in [1.165, 1.54) is 7.11 Å². The molecule has 0 atom stereocenters. The second-order valence-electron chi connectivity index (χ2n) is 4.92. The van der Waals surface area contributed by atoms with Crippen LogP contribution in [0.3, 0.4) is 0 Å². The molecule has 2 rings (SSSR count). The number of nitrogen functional groups attached to an aromatic ring is 1. The smallest absolute Gasteiger partial charge is 0.257 e. The van der Waals surface area contributed by atoms with Crippen molar-refractivity contribution in [1.29, 1.82) is 0 Å². The molecule has 0 radical (unpaired) electrons. The summed E-state index contributed by atoms with van der Waals surface area (Å²) in [5.41, 5.74) is 8.43. The van der Waals surface area contributed by atoms with E-state index in [0.29, 0.717) is 23.5 Å². The molecule has 0 unspecified atom stereocenters. The number of amides is 1. The molecule has 21 heavy (non-hydrogen) atoms. The molecule has 0 spiro atoms. The van der Waals surface area contributed by atoms with E-state index in [1.54, 1.807) is 30.1 Å². The first-order valence-corrected chi connectivity index (χ1v) is 6.54. The number of nitrogens with zero attached hydrogens (tertiary/aromatic N) is 2. The average Bonchev–Trinajstić information content (AvgIpc) is 2.78. The van der Waals surface area contributed by atoms with Crippen LogP contribution in [0.25, 0.3) is 0 Å². The molecule has 0 aliphatic heterocycles. The standard InChI is InChI=1S/C15H19N3O3/c1-9-13(10(2)21-17-9)8-18(3)15(19)12-6-5-11(16)7-14(12)20-4/h5-7H,8,16H2,1-4H3. The normalized spacial score (nSPS) is 10.5. The molecule has 0 saturated heterocycles. The first-order valence-electron chi connectivity index (χ1n) is 6.54. The molecule has 0 saturated carbocycles. The number of ether oxygens (including phenoxy) is 1. The second-order valence-corrected chi connectivity index (χ2v) is 4.92. The molecule has 0 bridgehead atoms. The summed E-state index contributed by atoms with van der Waals surface area (Å²) in [6.07, 6.45) is 0. The number of rotatable bonds is 4. The zero-order valence-corrected chi connectivity index (χ0v) is 12.6. The lowest BCUT2D eigenvalue weighted by Crippen LogP contribution is -2.27. The van der Waals surface area contributed by atoms with E-state index in [2.05, 4.69) is 5.16 Å². The van der Waals surface area contributed by atoms with Gasteiger partial charge in [-0.25, -0.2) is 0 Å². The van der Waals surface area contributed by atoms with E-state index < -0.39 is 0 Å². The molecule has 1 heterocycles. The summed E-state index contributed by atoms with van der Waals surface area (Å²) >= 11 is 0. The van der Waals surface area contributed by atoms with Crippen molar-refractivity contribution in [1.82, 2.24) is 10.1 Å². The number of methoxy groups -OCH3 is 1. The molecule has 112 valence electrons. The van der Waals surface area contributed by atoms with Crippen molar-refractivity contribution >= 4 is 11.6 Å². The van der Waals surface area contributed by atoms with Crippen molar-refractivity contribution in [2.45, 2.75) is 20.4 Å². The Labute approximate surface area is 123 Å². The van der Waals surface area contributed by atoms with Crippen LogP contribution >= 0.6 is 0 Å². The third-order valence-electron chi connectivity index (χ3n) is 3.38. The minimum atomic E-state index is -0.146. The third-order valence-corrected chi connectivity index (χ3v) is 3.38. The minimum absolute atomic E-state index is 0.146. The fourth-order valence-electron chi connectivity index (χ4n) is 2.13. The summed E-state index contributed by atoms with van der Waals surface area (Å²) in [6, 6.07) is 4.98. The second kappa shape index (κ2) is 5.87. The van der Waals surface area contributed by atoms with Gasteiger partial charge in [-0.2, -0.15) is 0 Å². The Bertz CT molecular complexity index is 645. The highest BCUT2D eigenvalue weighted by Crippen LogP contribution is 2.24. The summed E-state index contributed by atoms with van der Waals surface area (Å²) in [4.78, 5) is 14.1. The number of carbonyl (C=O) groups is 1. The van der Waals surface area contributed by atoms with Crippen LogP contribution in [-0.2, 0) is 6.54 Å². The van der Waals surface area contributed by atoms with Gasteiger partial charge < -0.3 is 19.9 Å². The molecule has 2 aromatic rings. The highest BCUT2D eigenvalue weighted by atomic mass is 16.5. The van der Waals surface area contributed by atoms with Gasteiger partial charge in [-0.3, -0.25) is 4.79 Å². The predicted molar refractivity (Wildman–Crippen MR) is 79.2 cm³/mol. The van der Waals surface area contributed by atoms with E-state index in [4.69, 9.17) is 15.0 Å². The van der Waals surface area contributed by atoms with Gasteiger partial charge in [0, 0.05) is 24.4 Å². The third kappa shape index (κ3) is 2.99. The number of hydrogen-bond acceptors (Lipinski definition) is 5. The van der Waals surface area contributed by atoms with E-state index in [9.17, 15) is 4.79 Å². The van der Waals surface area contributed by atoms with Crippen LogP contribution in [0.15, 0.2) is 22.7 Å². The molecule has 0 fully saturated rings. The van der Waals surface area contributed by atoms with Gasteiger partial charge in [0.1, 0.15) is 11.5 Å². The lowest BCUT2D eigenvalue weighted by molar-refractivity contribution is 0.0781. The molecule has 0 aliphatic carbocycles. The molecule has 0 aliphatic rings. The topological polar surface area (TPSA) is 81.6 Å². The van der Waals surface area contributed by atoms with E-state index in [0.717, 1.165) is 17.0 Å². The van der Waals surface area contributed by atoms with Crippen LogP contribution in [0.5, 0.6) is 5.75 Å². The van der Waals surface area contributed by atoms with Crippen LogP contribution in [0, 0.1) is 13.8 Å². The lowest BCUT2D eigenvalue weighted by atomic mass is 10.1. The Kier molecular flexibility index (Phi) is 4.16. The van der Waals surface area contributed by atoms with Gasteiger partial charge in [-0.1, -0.05) is 5.16 Å². The van der Waals surface area contributed by atoms with Crippen LogP contribution in [0.2, 0.25) is 0 Å². The number of benzene rings is 1. The molecule has 1 aromatic carbocycles. The molecule has 6 heteroatoms. The SMILES string of the molecule is COc1cc(N)ccc1C(=O)N(C)Cc1c(C)noc1C. The van der Waals surface area contributed by atoms with E-state index in [1.807, 2.05) is 13.8 Å². The van der Waals surface area contributed by atoms with Gasteiger partial charge in [0.25, 0.3) is 5.91 Å². The van der Waals surface area contributed by atoms with E-state index in [-0.39, 0.29) is 5.91 Å². The summed E-state index contributed by atoms with van der Waals surface area (Å²) < 4.78 is 10.3. The molecular weight excluding hydrogens is 270 g/mol. The molecule has 1 aromatic heterocycles. The highest BCUT2D eigenvalue weighted by molar-refractivity contribution is 5.97. The first-order chi connectivity index (χ1) is 9.93. The van der Waals surface area contributed by atoms with Crippen LogP contribution < -0.4 is 10.5 Å². The largest absolute Gasteiger partial charge is 0.496 e. The quantitative estimate of drug-likeness (QED) is 0.872. The fourth-order valence-corrected chi connectivity index (χ4v) is 2.13. The van der Waals surface area contributed by atoms with Crippen molar-refractivity contribution < 1.29 is 14.1 Å². The van der Waals surface area contributed by atoms with Gasteiger partial charge in [-0.15, -0.1) is 0 Å². The van der Waals surface area contributed by atoms with Crippen LogP contribution in [-0.4, -0.2) is 30.1 Å². The Morgan fingerprint density at radius 3 is 2.71 bits per heavy atom. The maximum Gasteiger partial charge on any atom is 0.257 e. The summed E-state index contributed by atoms with van der Waals surface area (Å²) in [7, 11) is 3.24. The van der Waals surface area contributed by atoms with Gasteiger partial charge in [-0.05, 0) is 26.0 Å². The van der Waals surface area contributed by atoms with Crippen molar-refractivity contribution in [3.63, 3.8) is 0 Å². The Morgan fingerprint density at radius 1 is 1.43 bits per heavy atom. The number of aryl methyl sites for hydroxylation is 2. The molecular formula is C15H19N3O3. The monoisotopic (exact) mass is 289 g/mol. The Hall–Kier alpha value is -2.50.